The van der Waals surface area contributed by atoms with E-state index in [1.807, 2.05) is 54.6 Å². The van der Waals surface area contributed by atoms with E-state index in [-0.39, 0.29) is 0 Å². The molecule has 19 heavy (non-hydrogen) atoms. The molecule has 0 fully saturated rings. The molecule has 0 amide bonds. The van der Waals surface area contributed by atoms with Crippen LogP contribution >= 0.6 is 0 Å². The minimum atomic E-state index is 0.539. The first-order valence-electron chi connectivity index (χ1n) is 6.05. The smallest absolute Gasteiger partial charge is 0.179 e. The molecule has 0 saturated heterocycles. The lowest BCUT2D eigenvalue weighted by molar-refractivity contribution is 0.0650. The Morgan fingerprint density at radius 3 is 2.68 bits per heavy atom. The zero-order valence-electron chi connectivity index (χ0n) is 10.3. The van der Waals surface area contributed by atoms with E-state index in [1.165, 1.54) is 0 Å². The average Bonchev–Trinajstić information content (AvgIpc) is 2.49. The molecule has 1 heterocycles. The molecule has 94 valence electrons. The molecule has 0 aromatic heterocycles. The van der Waals surface area contributed by atoms with Crippen molar-refractivity contribution in [3.63, 3.8) is 0 Å². The topological polar surface area (TPSA) is 46.0 Å². The van der Waals surface area contributed by atoms with Gasteiger partial charge >= 0.3 is 0 Å². The zero-order valence-corrected chi connectivity index (χ0v) is 10.3. The van der Waals surface area contributed by atoms with Crippen molar-refractivity contribution >= 4 is 12.1 Å². The van der Waals surface area contributed by atoms with Crippen LogP contribution in [0.2, 0.25) is 0 Å². The van der Waals surface area contributed by atoms with Crippen LogP contribution in [-0.4, -0.2) is 12.1 Å². The second kappa shape index (κ2) is 5.46. The Bertz CT molecular complexity index is 620. The number of nitrogens with one attached hydrogen (secondary N) is 1. The van der Waals surface area contributed by atoms with E-state index in [9.17, 15) is 0 Å². The first-order valence-corrected chi connectivity index (χ1v) is 6.05. The normalized spacial score (nSPS) is 16.3. The second-order valence-corrected chi connectivity index (χ2v) is 4.15. The summed E-state index contributed by atoms with van der Waals surface area (Å²) in [4.78, 5) is 5.26. The molecular formula is C15H13N3O. The molecule has 0 bridgehead atoms. The van der Waals surface area contributed by atoms with Gasteiger partial charge in [-0.05, 0) is 11.1 Å². The SMILES string of the molecule is C(=NN=C1NOCc2ccccc21)c1ccccc1. The molecule has 0 spiro atoms. The van der Waals surface area contributed by atoms with Crippen LogP contribution in [0.3, 0.4) is 0 Å². The fourth-order valence-corrected chi connectivity index (χ4v) is 1.88. The van der Waals surface area contributed by atoms with Gasteiger partial charge in [0.25, 0.3) is 0 Å². The van der Waals surface area contributed by atoms with E-state index in [1.54, 1.807) is 6.21 Å². The van der Waals surface area contributed by atoms with Crippen molar-refractivity contribution in [3.8, 4) is 0 Å². The lowest BCUT2D eigenvalue weighted by atomic mass is 10.1. The molecular weight excluding hydrogens is 238 g/mol. The molecule has 1 N–H and O–H groups in total. The molecule has 0 saturated carbocycles. The van der Waals surface area contributed by atoms with Crippen molar-refractivity contribution in [1.82, 2.24) is 5.48 Å². The second-order valence-electron chi connectivity index (χ2n) is 4.15. The van der Waals surface area contributed by atoms with Crippen LogP contribution in [0.4, 0.5) is 0 Å². The molecule has 2 aromatic rings. The Morgan fingerprint density at radius 2 is 1.79 bits per heavy atom. The highest BCUT2D eigenvalue weighted by atomic mass is 16.6. The van der Waals surface area contributed by atoms with Gasteiger partial charge in [-0.3, -0.25) is 4.84 Å². The van der Waals surface area contributed by atoms with Gasteiger partial charge in [0.1, 0.15) is 6.61 Å². The van der Waals surface area contributed by atoms with E-state index in [4.69, 9.17) is 4.84 Å². The van der Waals surface area contributed by atoms with Crippen molar-refractivity contribution in [2.24, 2.45) is 10.2 Å². The van der Waals surface area contributed by atoms with Crippen LogP contribution in [-0.2, 0) is 11.4 Å². The first-order chi connectivity index (χ1) is 9.43. The third-order valence-electron chi connectivity index (χ3n) is 2.83. The molecule has 4 nitrogen and oxygen atoms in total. The summed E-state index contributed by atoms with van der Waals surface area (Å²) in [6, 6.07) is 17.8. The lowest BCUT2D eigenvalue weighted by Crippen LogP contribution is -2.30. The Hall–Kier alpha value is -2.46. The number of fused-ring (bicyclic) bond motifs is 1. The summed E-state index contributed by atoms with van der Waals surface area (Å²) in [6.07, 6.45) is 1.71. The molecule has 0 unspecified atom stereocenters. The Morgan fingerprint density at radius 1 is 1.00 bits per heavy atom. The molecule has 3 rings (SSSR count). The molecule has 0 radical (unpaired) electrons. The standard InChI is InChI=1S/C15H13N3O/c1-2-6-12(7-3-1)10-16-17-15-14-9-5-4-8-13(14)11-19-18-15/h1-10H,11H2,(H,17,18). The predicted octanol–water partition coefficient (Wildman–Crippen LogP) is 2.50. The number of rotatable bonds is 2. The van der Waals surface area contributed by atoms with Gasteiger partial charge in [-0.1, -0.05) is 54.6 Å². The van der Waals surface area contributed by atoms with Gasteiger partial charge in [-0.25, -0.2) is 5.48 Å². The van der Waals surface area contributed by atoms with Crippen LogP contribution in [0.25, 0.3) is 0 Å². The van der Waals surface area contributed by atoms with Gasteiger partial charge in [-0.2, -0.15) is 5.10 Å². The number of benzene rings is 2. The van der Waals surface area contributed by atoms with Gasteiger partial charge in [0.05, 0.1) is 6.21 Å². The summed E-state index contributed by atoms with van der Waals surface area (Å²) in [5.74, 6) is 0.633. The Balaban J connectivity index is 1.84. The summed E-state index contributed by atoms with van der Waals surface area (Å²) in [7, 11) is 0. The van der Waals surface area contributed by atoms with Crippen molar-refractivity contribution in [2.75, 3.05) is 0 Å². The minimum absolute atomic E-state index is 0.539. The van der Waals surface area contributed by atoms with E-state index in [0.29, 0.717) is 12.4 Å². The van der Waals surface area contributed by atoms with E-state index in [0.717, 1.165) is 16.7 Å². The highest BCUT2D eigenvalue weighted by Crippen LogP contribution is 2.14. The van der Waals surface area contributed by atoms with Crippen molar-refractivity contribution in [3.05, 3.63) is 71.3 Å². The lowest BCUT2D eigenvalue weighted by Gasteiger charge is -2.18. The summed E-state index contributed by atoms with van der Waals surface area (Å²) >= 11 is 0. The largest absolute Gasteiger partial charge is 0.270 e. The van der Waals surface area contributed by atoms with Gasteiger partial charge in [0, 0.05) is 5.56 Å². The highest BCUT2D eigenvalue weighted by Gasteiger charge is 2.14. The number of amidine groups is 1. The number of hydrogen-bond donors (Lipinski definition) is 1. The maximum Gasteiger partial charge on any atom is 0.179 e. The molecule has 0 aliphatic carbocycles. The quantitative estimate of drug-likeness (QED) is 0.658. The third-order valence-corrected chi connectivity index (χ3v) is 2.83. The monoisotopic (exact) mass is 251 g/mol. The maximum absolute atomic E-state index is 5.26. The number of nitrogens with zero attached hydrogens (tertiary/aromatic N) is 2. The van der Waals surface area contributed by atoms with Gasteiger partial charge in [0.15, 0.2) is 5.84 Å². The summed E-state index contributed by atoms with van der Waals surface area (Å²) in [5, 5.41) is 8.25. The van der Waals surface area contributed by atoms with Gasteiger partial charge in [-0.15, -0.1) is 5.10 Å². The van der Waals surface area contributed by atoms with Gasteiger partial charge < -0.3 is 0 Å². The van der Waals surface area contributed by atoms with E-state index in [2.05, 4.69) is 15.7 Å². The fourth-order valence-electron chi connectivity index (χ4n) is 1.88. The number of hydroxylamine groups is 1. The molecule has 2 aromatic carbocycles. The van der Waals surface area contributed by atoms with Crippen LogP contribution in [0.1, 0.15) is 16.7 Å². The molecule has 0 atom stereocenters. The van der Waals surface area contributed by atoms with Crippen LogP contribution in [0, 0.1) is 0 Å². The highest BCUT2D eigenvalue weighted by molar-refractivity contribution is 6.00. The van der Waals surface area contributed by atoms with E-state index < -0.39 is 0 Å². The maximum atomic E-state index is 5.26. The number of hydrogen-bond acceptors (Lipinski definition) is 3. The predicted molar refractivity (Wildman–Crippen MR) is 74.9 cm³/mol. The van der Waals surface area contributed by atoms with Crippen LogP contribution < -0.4 is 5.48 Å². The average molecular weight is 251 g/mol. The molecule has 4 heteroatoms. The van der Waals surface area contributed by atoms with Crippen LogP contribution in [0.15, 0.2) is 64.8 Å². The van der Waals surface area contributed by atoms with Crippen LogP contribution in [0.5, 0.6) is 0 Å². The fraction of sp³-hybridized carbons (Fsp3) is 0.0667. The molecule has 1 aliphatic heterocycles. The zero-order chi connectivity index (χ0) is 12.9. The van der Waals surface area contributed by atoms with E-state index >= 15 is 0 Å². The summed E-state index contributed by atoms with van der Waals surface area (Å²) in [6.45, 7) is 0.539. The Kier molecular flexibility index (Phi) is 3.34. The van der Waals surface area contributed by atoms with Crippen molar-refractivity contribution < 1.29 is 4.84 Å². The third kappa shape index (κ3) is 2.69. The minimum Gasteiger partial charge on any atom is -0.270 e. The molecule has 1 aliphatic rings. The first kappa shape index (κ1) is 11.6. The van der Waals surface area contributed by atoms with Crippen molar-refractivity contribution in [2.45, 2.75) is 6.61 Å². The Labute approximate surface area is 111 Å². The summed E-state index contributed by atoms with van der Waals surface area (Å²) in [5.41, 5.74) is 5.94. The van der Waals surface area contributed by atoms with Crippen molar-refractivity contribution in [1.29, 1.82) is 0 Å². The summed E-state index contributed by atoms with van der Waals surface area (Å²) < 4.78 is 0. The van der Waals surface area contributed by atoms with Gasteiger partial charge in [0.2, 0.25) is 0 Å².